The normalized spacial score (nSPS) is 12.9. The van der Waals surface area contributed by atoms with Crippen molar-refractivity contribution in [2.45, 2.75) is 78.6 Å². The van der Waals surface area contributed by atoms with E-state index >= 15 is 0 Å². The number of fused-ring (bicyclic) bond motifs is 6. The zero-order valence-electron chi connectivity index (χ0n) is 28.6. The lowest BCUT2D eigenvalue weighted by Crippen LogP contribution is -2.13. The van der Waals surface area contributed by atoms with Gasteiger partial charge in [-0.3, -0.25) is 0 Å². The van der Waals surface area contributed by atoms with Crippen LogP contribution in [0.1, 0.15) is 79.1 Å². The number of benzene rings is 4. The molecule has 46 heavy (non-hydrogen) atoms. The summed E-state index contributed by atoms with van der Waals surface area (Å²) >= 11 is 0. The van der Waals surface area contributed by atoms with Crippen LogP contribution in [0.25, 0.3) is 66.0 Å². The van der Waals surface area contributed by atoms with Gasteiger partial charge in [-0.2, -0.15) is 0 Å². The molecule has 3 nitrogen and oxygen atoms in total. The molecule has 0 spiro atoms. The van der Waals surface area contributed by atoms with Gasteiger partial charge in [-0.1, -0.05) is 117 Å². The Bertz CT molecular complexity index is 2150. The maximum atomic E-state index is 5.35. The predicted octanol–water partition coefficient (Wildman–Crippen LogP) is 11.7. The number of nitrogens with zero attached hydrogens (tertiary/aromatic N) is 3. The highest BCUT2D eigenvalue weighted by Crippen LogP contribution is 2.36. The molecule has 0 fully saturated rings. The third kappa shape index (κ3) is 5.42. The Labute approximate surface area is 272 Å². The second-order valence-electron chi connectivity index (χ2n) is 15.9. The quantitative estimate of drug-likeness (QED) is 0.185. The van der Waals surface area contributed by atoms with Crippen molar-refractivity contribution in [2.75, 3.05) is 0 Å². The van der Waals surface area contributed by atoms with Crippen molar-refractivity contribution in [2.24, 2.45) is 0 Å². The Morgan fingerprint density at radius 1 is 0.370 bits per heavy atom. The van der Waals surface area contributed by atoms with Crippen LogP contribution in [0, 0.1) is 0 Å². The first kappa shape index (κ1) is 30.0. The summed E-state index contributed by atoms with van der Waals surface area (Å²) in [5.74, 6) is 0. The van der Waals surface area contributed by atoms with Gasteiger partial charge in [0, 0.05) is 43.8 Å². The van der Waals surface area contributed by atoms with E-state index in [0.717, 1.165) is 60.9 Å². The van der Waals surface area contributed by atoms with Crippen molar-refractivity contribution >= 4 is 43.5 Å². The van der Waals surface area contributed by atoms with Crippen LogP contribution in [0.15, 0.2) is 97.1 Å². The minimum absolute atomic E-state index is 0.0452. The summed E-state index contributed by atoms with van der Waals surface area (Å²) in [6, 6.07) is 35.4. The fourth-order valence-electron chi connectivity index (χ4n) is 6.24. The maximum Gasteiger partial charge on any atom is 0.0972 e. The topological polar surface area (TPSA) is 38.7 Å². The minimum atomic E-state index is -0.0530. The van der Waals surface area contributed by atoms with Gasteiger partial charge < -0.3 is 0 Å². The van der Waals surface area contributed by atoms with Crippen LogP contribution in [0.2, 0.25) is 0 Å². The summed E-state index contributed by atoms with van der Waals surface area (Å²) in [4.78, 5) is 15.8. The van der Waals surface area contributed by atoms with Crippen molar-refractivity contribution in [3.63, 3.8) is 0 Å². The molecule has 230 valence electrons. The lowest BCUT2D eigenvalue weighted by atomic mass is 9.84. The summed E-state index contributed by atoms with van der Waals surface area (Å²) in [6.45, 7) is 20.2. The van der Waals surface area contributed by atoms with E-state index in [1.165, 1.54) is 21.9 Å². The molecule has 0 N–H and O–H groups in total. The van der Waals surface area contributed by atoms with Crippen LogP contribution in [-0.4, -0.2) is 15.0 Å². The molecule has 0 saturated heterocycles. The third-order valence-corrected chi connectivity index (χ3v) is 9.22. The Balaban J connectivity index is 1.43. The van der Waals surface area contributed by atoms with E-state index in [0.29, 0.717) is 0 Å². The number of hydrogen-bond acceptors (Lipinski definition) is 3. The van der Waals surface area contributed by atoms with E-state index in [9.17, 15) is 0 Å². The van der Waals surface area contributed by atoms with Gasteiger partial charge in [-0.25, -0.2) is 15.0 Å². The van der Waals surface area contributed by atoms with Crippen molar-refractivity contribution in [3.05, 3.63) is 114 Å². The molecule has 0 unspecified atom stereocenters. The van der Waals surface area contributed by atoms with E-state index in [4.69, 9.17) is 15.0 Å². The Kier molecular flexibility index (Phi) is 6.83. The van der Waals surface area contributed by atoms with Crippen LogP contribution in [0.4, 0.5) is 0 Å². The first-order valence-electron chi connectivity index (χ1n) is 16.4. The lowest BCUT2D eigenvalue weighted by molar-refractivity contribution is 0.571. The Morgan fingerprint density at radius 3 is 1.39 bits per heavy atom. The molecule has 0 radical (unpaired) electrons. The van der Waals surface area contributed by atoms with Crippen LogP contribution >= 0.6 is 0 Å². The van der Waals surface area contributed by atoms with Crippen molar-refractivity contribution in [3.8, 4) is 22.5 Å². The van der Waals surface area contributed by atoms with Gasteiger partial charge >= 0.3 is 0 Å². The summed E-state index contributed by atoms with van der Waals surface area (Å²) in [7, 11) is 0. The standard InChI is InChI=1S/C43H43N3/c1-41(2,3)32-18-14-26-10-11-27-15-19-35(44-38(27)34(26)25-32)30-22-31(24-33(23-30)42(4,5)6)36-20-16-28-12-13-29-17-21-37(43(7,8)9)46-40(29)39(28)45-36/h10-25H,1-9H3. The number of rotatable bonds is 2. The van der Waals surface area contributed by atoms with Crippen LogP contribution < -0.4 is 0 Å². The fourth-order valence-corrected chi connectivity index (χ4v) is 6.24. The van der Waals surface area contributed by atoms with Gasteiger partial charge in [0.25, 0.3) is 0 Å². The molecule has 0 atom stereocenters. The van der Waals surface area contributed by atoms with Crippen molar-refractivity contribution < 1.29 is 0 Å². The van der Waals surface area contributed by atoms with E-state index in [1.807, 2.05) is 0 Å². The van der Waals surface area contributed by atoms with Crippen LogP contribution in [0.3, 0.4) is 0 Å². The summed E-state index contributed by atoms with van der Waals surface area (Å²) in [5.41, 5.74) is 10.6. The fraction of sp³-hybridized carbons (Fsp3) is 0.279. The SMILES string of the molecule is CC(C)(C)c1cc(-c2ccc3ccc4ccc(C(C)(C)C)cc4c3n2)cc(-c2ccc3ccc4ccc(C(C)(C)C)nc4c3n2)c1. The molecule has 0 bridgehead atoms. The zero-order chi connectivity index (χ0) is 32.6. The summed E-state index contributed by atoms with van der Waals surface area (Å²) in [5, 5.41) is 5.77. The first-order valence-corrected chi connectivity index (χ1v) is 16.4. The number of aromatic nitrogens is 3. The monoisotopic (exact) mass is 601 g/mol. The lowest BCUT2D eigenvalue weighted by Gasteiger charge is -2.22. The second-order valence-corrected chi connectivity index (χ2v) is 15.9. The molecule has 4 aromatic carbocycles. The zero-order valence-corrected chi connectivity index (χ0v) is 28.6. The molecule has 3 aromatic heterocycles. The smallest absolute Gasteiger partial charge is 0.0972 e. The van der Waals surface area contributed by atoms with Crippen molar-refractivity contribution in [1.29, 1.82) is 0 Å². The number of pyridine rings is 3. The van der Waals surface area contributed by atoms with Crippen molar-refractivity contribution in [1.82, 2.24) is 15.0 Å². The molecule has 3 heteroatoms. The van der Waals surface area contributed by atoms with E-state index < -0.39 is 0 Å². The van der Waals surface area contributed by atoms with Gasteiger partial charge in [-0.15, -0.1) is 0 Å². The van der Waals surface area contributed by atoms with Gasteiger partial charge in [0.1, 0.15) is 0 Å². The predicted molar refractivity (Wildman–Crippen MR) is 197 cm³/mol. The van der Waals surface area contributed by atoms with Crippen LogP contribution in [-0.2, 0) is 16.2 Å². The molecule has 7 aromatic rings. The summed E-state index contributed by atoms with van der Waals surface area (Å²) in [6.07, 6.45) is 0. The van der Waals surface area contributed by atoms with Gasteiger partial charge in [0.05, 0.1) is 27.9 Å². The van der Waals surface area contributed by atoms with Gasteiger partial charge in [0.15, 0.2) is 0 Å². The Morgan fingerprint density at radius 2 is 0.826 bits per heavy atom. The minimum Gasteiger partial charge on any atom is -0.250 e. The summed E-state index contributed by atoms with van der Waals surface area (Å²) < 4.78 is 0. The molecular formula is C43H43N3. The Hall–Kier alpha value is -4.63. The highest BCUT2D eigenvalue weighted by molar-refractivity contribution is 6.06. The second kappa shape index (κ2) is 10.5. The molecule has 0 amide bonds. The molecule has 0 aliphatic carbocycles. The van der Waals surface area contributed by atoms with Gasteiger partial charge in [-0.05, 0) is 69.8 Å². The largest absolute Gasteiger partial charge is 0.250 e. The molecule has 0 aliphatic rings. The van der Waals surface area contributed by atoms with E-state index in [-0.39, 0.29) is 16.2 Å². The van der Waals surface area contributed by atoms with E-state index in [1.54, 1.807) is 0 Å². The maximum absolute atomic E-state index is 5.35. The van der Waals surface area contributed by atoms with E-state index in [2.05, 4.69) is 159 Å². The highest BCUT2D eigenvalue weighted by atomic mass is 14.8. The first-order chi connectivity index (χ1) is 21.6. The average molecular weight is 602 g/mol. The highest BCUT2D eigenvalue weighted by Gasteiger charge is 2.20. The number of hydrogen-bond donors (Lipinski definition) is 0. The molecule has 7 rings (SSSR count). The molecular weight excluding hydrogens is 558 g/mol. The molecule has 3 heterocycles. The van der Waals surface area contributed by atoms with Crippen LogP contribution in [0.5, 0.6) is 0 Å². The third-order valence-electron chi connectivity index (χ3n) is 9.22. The molecule has 0 aliphatic heterocycles. The molecule has 0 saturated carbocycles. The van der Waals surface area contributed by atoms with Gasteiger partial charge in [0.2, 0.25) is 0 Å². The average Bonchev–Trinajstić information content (AvgIpc) is 3.02.